The van der Waals surface area contributed by atoms with Crippen molar-refractivity contribution in [2.24, 2.45) is 23.7 Å². The molecule has 3 heteroatoms. The molecular formula is C11H17ClO2. The summed E-state index contributed by atoms with van der Waals surface area (Å²) in [5.74, 6) is 2.86. The van der Waals surface area contributed by atoms with Gasteiger partial charge in [-0.1, -0.05) is 0 Å². The Balaban J connectivity index is 0.000000750. The van der Waals surface area contributed by atoms with Gasteiger partial charge in [-0.3, -0.25) is 4.79 Å². The summed E-state index contributed by atoms with van der Waals surface area (Å²) in [6, 6.07) is 0. The number of hydrogen-bond donors (Lipinski definition) is 1. The normalized spacial score (nSPS) is 50.1. The van der Waals surface area contributed by atoms with E-state index in [4.69, 9.17) is 0 Å². The fourth-order valence-electron chi connectivity index (χ4n) is 3.89. The minimum absolute atomic E-state index is 0. The molecule has 0 aromatic carbocycles. The summed E-state index contributed by atoms with van der Waals surface area (Å²) in [5.41, 5.74) is 0. The maximum absolute atomic E-state index is 11.5. The fraction of sp³-hybridized carbons (Fsp3) is 0.909. The quantitative estimate of drug-likeness (QED) is 0.671. The van der Waals surface area contributed by atoms with Gasteiger partial charge in [0.25, 0.3) is 0 Å². The number of rotatable bonds is 0. The second-order valence-corrected chi connectivity index (χ2v) is 5.15. The number of Topliss-reactive ketones (excluding diaryl/α,β-unsaturated/α-hetero) is 1. The predicted molar refractivity (Wildman–Crippen MR) is 55.3 cm³/mol. The lowest BCUT2D eigenvalue weighted by atomic mass is 9.54. The van der Waals surface area contributed by atoms with E-state index in [1.54, 1.807) is 0 Å². The highest BCUT2D eigenvalue weighted by atomic mass is 35.5. The second kappa shape index (κ2) is 3.49. The van der Waals surface area contributed by atoms with Gasteiger partial charge >= 0.3 is 0 Å². The number of ketones is 1. The number of halogens is 1. The van der Waals surface area contributed by atoms with Crippen molar-refractivity contribution in [1.29, 1.82) is 0 Å². The van der Waals surface area contributed by atoms with Gasteiger partial charge in [-0.05, 0) is 43.4 Å². The molecule has 2 nitrogen and oxygen atoms in total. The third-order valence-electron chi connectivity index (χ3n) is 4.43. The van der Waals surface area contributed by atoms with Crippen molar-refractivity contribution in [2.45, 2.75) is 38.2 Å². The molecule has 0 saturated heterocycles. The van der Waals surface area contributed by atoms with Gasteiger partial charge in [0.1, 0.15) is 5.78 Å². The van der Waals surface area contributed by atoms with Gasteiger partial charge in [-0.15, -0.1) is 12.4 Å². The molecule has 0 amide bonds. The van der Waals surface area contributed by atoms with E-state index in [2.05, 4.69) is 0 Å². The van der Waals surface area contributed by atoms with E-state index in [1.165, 1.54) is 0 Å². The van der Waals surface area contributed by atoms with Crippen LogP contribution in [0.3, 0.4) is 0 Å². The number of fused-ring (bicyclic) bond motifs is 1. The predicted octanol–water partition coefficient (Wildman–Crippen LogP) is 1.79. The lowest BCUT2D eigenvalue weighted by Gasteiger charge is -2.51. The average Bonchev–Trinajstić information content (AvgIpc) is 2.04. The molecule has 80 valence electrons. The number of aliphatic hydroxyl groups is 1. The molecule has 3 unspecified atom stereocenters. The smallest absolute Gasteiger partial charge is 0.136 e. The van der Waals surface area contributed by atoms with E-state index in [0.29, 0.717) is 29.5 Å². The zero-order chi connectivity index (χ0) is 9.00. The van der Waals surface area contributed by atoms with Crippen LogP contribution in [0.5, 0.6) is 0 Å². The molecule has 0 aromatic rings. The molecule has 0 aromatic heterocycles. The van der Waals surface area contributed by atoms with Crippen LogP contribution in [0.15, 0.2) is 0 Å². The van der Waals surface area contributed by atoms with Crippen molar-refractivity contribution in [3.05, 3.63) is 0 Å². The maximum atomic E-state index is 11.5. The molecule has 4 rings (SSSR count). The number of hydrogen-bond acceptors (Lipinski definition) is 2. The van der Waals surface area contributed by atoms with E-state index in [-0.39, 0.29) is 18.5 Å². The van der Waals surface area contributed by atoms with Crippen LogP contribution in [0.1, 0.15) is 32.1 Å². The Morgan fingerprint density at radius 2 is 1.64 bits per heavy atom. The molecule has 1 N–H and O–H groups in total. The number of carbonyl (C=O) groups excluding carboxylic acids is 1. The summed E-state index contributed by atoms with van der Waals surface area (Å²) in [4.78, 5) is 11.5. The zero-order valence-corrected chi connectivity index (χ0v) is 9.00. The van der Waals surface area contributed by atoms with Gasteiger partial charge in [0.15, 0.2) is 0 Å². The first-order valence-electron chi connectivity index (χ1n) is 5.45. The highest BCUT2D eigenvalue weighted by molar-refractivity contribution is 5.85. The summed E-state index contributed by atoms with van der Waals surface area (Å²) in [6.07, 6.45) is 4.84. The molecule has 0 spiro atoms. The third-order valence-corrected chi connectivity index (χ3v) is 4.43. The standard InChI is InChI=1S/C11H16O2.ClH/c12-9-3-6-1-8-2-7(4-9)10(6)5-11(8)13;/h6-10,12H,1-5H2;1H/t6-,7+,8?,9?,10?;. The molecule has 0 heterocycles. The highest BCUT2D eigenvalue weighted by Crippen LogP contribution is 2.52. The summed E-state index contributed by atoms with van der Waals surface area (Å²) in [7, 11) is 0. The van der Waals surface area contributed by atoms with Gasteiger partial charge in [-0.25, -0.2) is 0 Å². The van der Waals surface area contributed by atoms with Crippen molar-refractivity contribution in [2.75, 3.05) is 0 Å². The van der Waals surface area contributed by atoms with Crippen LogP contribution in [0.25, 0.3) is 0 Å². The Morgan fingerprint density at radius 3 is 2.14 bits per heavy atom. The van der Waals surface area contributed by atoms with Crippen molar-refractivity contribution in [1.82, 2.24) is 0 Å². The third kappa shape index (κ3) is 1.40. The van der Waals surface area contributed by atoms with E-state index in [0.717, 1.165) is 32.1 Å². The monoisotopic (exact) mass is 216 g/mol. The second-order valence-electron chi connectivity index (χ2n) is 5.15. The SMILES string of the molecule is Cl.O=C1CC2[C@@H]3CC(O)C[C@H]2CC1C3. The van der Waals surface area contributed by atoms with E-state index in [9.17, 15) is 9.90 Å². The Kier molecular flexibility index (Phi) is 2.61. The molecule has 5 atom stereocenters. The maximum Gasteiger partial charge on any atom is 0.136 e. The van der Waals surface area contributed by atoms with Crippen LogP contribution in [-0.4, -0.2) is 17.0 Å². The molecular weight excluding hydrogens is 200 g/mol. The fourth-order valence-corrected chi connectivity index (χ4v) is 3.89. The van der Waals surface area contributed by atoms with Crippen molar-refractivity contribution in [3.8, 4) is 0 Å². The minimum Gasteiger partial charge on any atom is -0.393 e. The Morgan fingerprint density at radius 1 is 1.07 bits per heavy atom. The zero-order valence-electron chi connectivity index (χ0n) is 8.19. The lowest BCUT2D eigenvalue weighted by molar-refractivity contribution is -0.140. The van der Waals surface area contributed by atoms with Crippen LogP contribution in [0.2, 0.25) is 0 Å². The Labute approximate surface area is 90.5 Å². The first-order chi connectivity index (χ1) is 6.24. The molecule has 0 radical (unpaired) electrons. The van der Waals surface area contributed by atoms with Crippen LogP contribution in [0, 0.1) is 23.7 Å². The minimum atomic E-state index is -0.0691. The largest absolute Gasteiger partial charge is 0.393 e. The summed E-state index contributed by atoms with van der Waals surface area (Å²) < 4.78 is 0. The van der Waals surface area contributed by atoms with Crippen molar-refractivity contribution < 1.29 is 9.90 Å². The molecule has 4 fully saturated rings. The first-order valence-corrected chi connectivity index (χ1v) is 5.45. The van der Waals surface area contributed by atoms with Crippen molar-refractivity contribution >= 4 is 18.2 Å². The Hall–Kier alpha value is -0.0800. The van der Waals surface area contributed by atoms with Gasteiger partial charge in [-0.2, -0.15) is 0 Å². The van der Waals surface area contributed by atoms with Crippen molar-refractivity contribution in [3.63, 3.8) is 0 Å². The number of aliphatic hydroxyl groups excluding tert-OH is 1. The van der Waals surface area contributed by atoms with Gasteiger partial charge < -0.3 is 5.11 Å². The summed E-state index contributed by atoms with van der Waals surface area (Å²) in [6.45, 7) is 0. The highest BCUT2D eigenvalue weighted by Gasteiger charge is 2.49. The van der Waals surface area contributed by atoms with Gasteiger partial charge in [0.2, 0.25) is 0 Å². The average molecular weight is 217 g/mol. The summed E-state index contributed by atoms with van der Waals surface area (Å²) >= 11 is 0. The lowest BCUT2D eigenvalue weighted by Crippen LogP contribution is -2.48. The molecule has 4 saturated carbocycles. The van der Waals surface area contributed by atoms with Crippen LogP contribution < -0.4 is 0 Å². The van der Waals surface area contributed by atoms with Gasteiger partial charge in [0.05, 0.1) is 6.10 Å². The molecule has 0 aliphatic heterocycles. The first kappa shape index (κ1) is 10.4. The molecule has 4 bridgehead atoms. The molecule has 14 heavy (non-hydrogen) atoms. The Bertz CT molecular complexity index is 238. The van der Waals surface area contributed by atoms with Crippen LogP contribution in [0.4, 0.5) is 0 Å². The molecule has 4 aliphatic carbocycles. The number of carbonyl (C=O) groups is 1. The topological polar surface area (TPSA) is 37.3 Å². The molecule has 4 aliphatic rings. The van der Waals surface area contributed by atoms with E-state index >= 15 is 0 Å². The van der Waals surface area contributed by atoms with E-state index in [1.807, 2.05) is 0 Å². The van der Waals surface area contributed by atoms with E-state index < -0.39 is 0 Å². The van der Waals surface area contributed by atoms with Crippen LogP contribution >= 0.6 is 12.4 Å². The summed E-state index contributed by atoms with van der Waals surface area (Å²) in [5, 5.41) is 9.62. The van der Waals surface area contributed by atoms with Gasteiger partial charge in [0, 0.05) is 12.3 Å². The van der Waals surface area contributed by atoms with Crippen LogP contribution in [-0.2, 0) is 4.79 Å².